The molecular weight excluding hydrogens is 260 g/mol. The van der Waals surface area contributed by atoms with Gasteiger partial charge in [0.05, 0.1) is 5.25 Å². The summed E-state index contributed by atoms with van der Waals surface area (Å²) < 4.78 is 0. The summed E-state index contributed by atoms with van der Waals surface area (Å²) in [5.41, 5.74) is 0. The first-order chi connectivity index (χ1) is 8.99. The molecule has 1 saturated carbocycles. The van der Waals surface area contributed by atoms with Crippen molar-refractivity contribution in [3.8, 4) is 0 Å². The second-order valence-corrected chi connectivity index (χ2v) is 7.28. The maximum absolute atomic E-state index is 11.9. The second kappa shape index (κ2) is 8.46. The van der Waals surface area contributed by atoms with Crippen molar-refractivity contribution in [2.45, 2.75) is 63.4 Å². The predicted molar refractivity (Wildman–Crippen MR) is 80.3 cm³/mol. The van der Waals surface area contributed by atoms with Crippen LogP contribution in [0.15, 0.2) is 0 Å². The molecule has 1 aliphatic rings. The van der Waals surface area contributed by atoms with Crippen LogP contribution >= 0.6 is 11.8 Å². The van der Waals surface area contributed by atoms with E-state index in [1.165, 1.54) is 32.1 Å². The standard InChI is InChI=1S/C14H26N2O2S/c1-10(2)9-15-14(18)16-13(17)11(3)19-12-7-5-4-6-8-12/h10-12H,4-9H2,1-3H3,(H2,15,16,17,18). The van der Waals surface area contributed by atoms with Crippen molar-refractivity contribution in [2.75, 3.05) is 6.54 Å². The third-order valence-corrected chi connectivity index (χ3v) is 4.70. The Morgan fingerprint density at radius 3 is 2.37 bits per heavy atom. The van der Waals surface area contributed by atoms with E-state index in [2.05, 4.69) is 10.6 Å². The van der Waals surface area contributed by atoms with E-state index in [0.717, 1.165) is 0 Å². The Labute approximate surface area is 120 Å². The fraction of sp³-hybridized carbons (Fsp3) is 0.857. The van der Waals surface area contributed by atoms with Gasteiger partial charge in [-0.05, 0) is 25.7 Å². The lowest BCUT2D eigenvalue weighted by molar-refractivity contribution is -0.119. The Morgan fingerprint density at radius 2 is 1.79 bits per heavy atom. The molecule has 0 aromatic heterocycles. The topological polar surface area (TPSA) is 58.2 Å². The molecule has 1 aliphatic carbocycles. The number of hydrogen-bond acceptors (Lipinski definition) is 3. The lowest BCUT2D eigenvalue weighted by Crippen LogP contribution is -2.44. The normalized spacial score (nSPS) is 18.1. The van der Waals surface area contributed by atoms with Gasteiger partial charge in [-0.15, -0.1) is 11.8 Å². The van der Waals surface area contributed by atoms with Crippen LogP contribution in [0.25, 0.3) is 0 Å². The molecule has 110 valence electrons. The minimum absolute atomic E-state index is 0.159. The van der Waals surface area contributed by atoms with Crippen LogP contribution in [-0.2, 0) is 4.79 Å². The molecule has 3 amide bonds. The van der Waals surface area contributed by atoms with E-state index < -0.39 is 0 Å². The van der Waals surface area contributed by atoms with Crippen LogP contribution in [0.3, 0.4) is 0 Å². The number of nitrogens with one attached hydrogen (secondary N) is 2. The van der Waals surface area contributed by atoms with Gasteiger partial charge in [-0.25, -0.2) is 4.79 Å². The first-order valence-corrected chi connectivity index (χ1v) is 8.17. The lowest BCUT2D eigenvalue weighted by atomic mass is 10.0. The van der Waals surface area contributed by atoms with Gasteiger partial charge in [-0.3, -0.25) is 10.1 Å². The quantitative estimate of drug-likeness (QED) is 0.817. The zero-order valence-electron chi connectivity index (χ0n) is 12.2. The molecule has 0 bridgehead atoms. The number of imide groups is 1. The summed E-state index contributed by atoms with van der Waals surface area (Å²) in [6, 6.07) is -0.380. The smallest absolute Gasteiger partial charge is 0.321 e. The van der Waals surface area contributed by atoms with Crippen LogP contribution in [0.5, 0.6) is 0 Å². The Balaban J connectivity index is 2.25. The van der Waals surface area contributed by atoms with Gasteiger partial charge in [0, 0.05) is 11.8 Å². The maximum Gasteiger partial charge on any atom is 0.321 e. The average molecular weight is 286 g/mol. The fourth-order valence-corrected chi connectivity index (χ4v) is 3.47. The molecule has 0 aromatic rings. The highest BCUT2D eigenvalue weighted by Gasteiger charge is 2.22. The largest absolute Gasteiger partial charge is 0.338 e. The average Bonchev–Trinajstić information content (AvgIpc) is 2.37. The zero-order chi connectivity index (χ0) is 14.3. The van der Waals surface area contributed by atoms with Gasteiger partial charge >= 0.3 is 6.03 Å². The molecule has 19 heavy (non-hydrogen) atoms. The van der Waals surface area contributed by atoms with Crippen LogP contribution in [0.4, 0.5) is 4.79 Å². The fourth-order valence-electron chi connectivity index (χ4n) is 2.11. The molecule has 1 unspecified atom stereocenters. The maximum atomic E-state index is 11.9. The summed E-state index contributed by atoms with van der Waals surface area (Å²) >= 11 is 1.70. The highest BCUT2D eigenvalue weighted by molar-refractivity contribution is 8.01. The molecule has 0 saturated heterocycles. The third kappa shape index (κ3) is 6.85. The molecule has 1 rings (SSSR count). The number of urea groups is 1. The number of amides is 3. The Hall–Kier alpha value is -0.710. The Bertz CT molecular complexity index is 302. The van der Waals surface area contributed by atoms with Crippen molar-refractivity contribution < 1.29 is 9.59 Å². The van der Waals surface area contributed by atoms with Gasteiger partial charge in [-0.2, -0.15) is 0 Å². The molecule has 1 atom stereocenters. The van der Waals surface area contributed by atoms with E-state index >= 15 is 0 Å². The molecule has 0 aromatic carbocycles. The summed E-state index contributed by atoms with van der Waals surface area (Å²) in [6.45, 7) is 6.50. The number of carbonyl (C=O) groups is 2. The molecule has 1 fully saturated rings. The number of hydrogen-bond donors (Lipinski definition) is 2. The molecule has 2 N–H and O–H groups in total. The van der Waals surface area contributed by atoms with E-state index in [1.807, 2.05) is 20.8 Å². The van der Waals surface area contributed by atoms with Crippen molar-refractivity contribution in [1.29, 1.82) is 0 Å². The monoisotopic (exact) mass is 286 g/mol. The van der Waals surface area contributed by atoms with Crippen molar-refractivity contribution in [3.63, 3.8) is 0 Å². The van der Waals surface area contributed by atoms with Crippen molar-refractivity contribution in [3.05, 3.63) is 0 Å². The van der Waals surface area contributed by atoms with Crippen LogP contribution in [0, 0.1) is 5.92 Å². The molecule has 4 nitrogen and oxygen atoms in total. The van der Waals surface area contributed by atoms with Gasteiger partial charge < -0.3 is 5.32 Å². The third-order valence-electron chi connectivity index (χ3n) is 3.23. The van der Waals surface area contributed by atoms with Crippen LogP contribution < -0.4 is 10.6 Å². The summed E-state index contributed by atoms with van der Waals surface area (Å²) in [5.74, 6) is 0.201. The highest BCUT2D eigenvalue weighted by atomic mass is 32.2. The van der Waals surface area contributed by atoms with Gasteiger partial charge in [0.25, 0.3) is 0 Å². The van der Waals surface area contributed by atoms with E-state index in [4.69, 9.17) is 0 Å². The van der Waals surface area contributed by atoms with Gasteiger partial charge in [-0.1, -0.05) is 33.1 Å². The second-order valence-electron chi connectivity index (χ2n) is 5.63. The minimum atomic E-state index is -0.380. The summed E-state index contributed by atoms with van der Waals surface area (Å²) in [6.07, 6.45) is 6.24. The molecule has 0 radical (unpaired) electrons. The summed E-state index contributed by atoms with van der Waals surface area (Å²) in [5, 5.41) is 5.52. The number of rotatable bonds is 5. The first kappa shape index (κ1) is 16.3. The van der Waals surface area contributed by atoms with Crippen LogP contribution in [-0.4, -0.2) is 29.0 Å². The lowest BCUT2D eigenvalue weighted by Gasteiger charge is -2.23. The first-order valence-electron chi connectivity index (χ1n) is 7.23. The molecule has 0 aliphatic heterocycles. The van der Waals surface area contributed by atoms with E-state index in [0.29, 0.717) is 17.7 Å². The van der Waals surface area contributed by atoms with Gasteiger partial charge in [0.2, 0.25) is 5.91 Å². The van der Waals surface area contributed by atoms with Crippen molar-refractivity contribution >= 4 is 23.7 Å². The predicted octanol–water partition coefficient (Wildman–Crippen LogP) is 2.92. The van der Waals surface area contributed by atoms with Gasteiger partial charge in [0.15, 0.2) is 0 Å². The van der Waals surface area contributed by atoms with Crippen molar-refractivity contribution in [2.24, 2.45) is 5.92 Å². The molecule has 5 heteroatoms. The van der Waals surface area contributed by atoms with Crippen LogP contribution in [0.1, 0.15) is 52.9 Å². The molecular formula is C14H26N2O2S. The minimum Gasteiger partial charge on any atom is -0.338 e. The molecule has 0 spiro atoms. The Kier molecular flexibility index (Phi) is 7.28. The Morgan fingerprint density at radius 1 is 1.16 bits per heavy atom. The summed E-state index contributed by atoms with van der Waals surface area (Å²) in [4.78, 5) is 23.4. The number of carbonyl (C=O) groups excluding carboxylic acids is 2. The number of thioether (sulfide) groups is 1. The molecule has 0 heterocycles. The summed E-state index contributed by atoms with van der Waals surface area (Å²) in [7, 11) is 0. The zero-order valence-corrected chi connectivity index (χ0v) is 13.0. The van der Waals surface area contributed by atoms with E-state index in [1.54, 1.807) is 11.8 Å². The van der Waals surface area contributed by atoms with Crippen LogP contribution in [0.2, 0.25) is 0 Å². The van der Waals surface area contributed by atoms with E-state index in [-0.39, 0.29) is 17.2 Å². The van der Waals surface area contributed by atoms with Gasteiger partial charge in [0.1, 0.15) is 0 Å². The highest BCUT2D eigenvalue weighted by Crippen LogP contribution is 2.30. The van der Waals surface area contributed by atoms with E-state index in [9.17, 15) is 9.59 Å². The SMILES string of the molecule is CC(C)CNC(=O)NC(=O)C(C)SC1CCCCC1. The van der Waals surface area contributed by atoms with Crippen molar-refractivity contribution in [1.82, 2.24) is 10.6 Å².